The molecule has 0 saturated carbocycles. The van der Waals surface area contributed by atoms with Crippen molar-refractivity contribution in [1.82, 2.24) is 15.0 Å². The second kappa shape index (κ2) is 12.3. The minimum absolute atomic E-state index is 0.0527. The molecule has 1 aromatic heterocycles. The van der Waals surface area contributed by atoms with Crippen LogP contribution in [0.2, 0.25) is 0 Å². The van der Waals surface area contributed by atoms with Gasteiger partial charge in [-0.3, -0.25) is 0 Å². The molecule has 0 radical (unpaired) electrons. The Kier molecular flexibility index (Phi) is 7.36. The Bertz CT molecular complexity index is 2990. The first-order valence-corrected chi connectivity index (χ1v) is 20.6. The zero-order valence-electron chi connectivity index (χ0n) is 33.9. The first kappa shape index (κ1) is 34.8. The van der Waals surface area contributed by atoms with Crippen LogP contribution in [-0.4, -0.2) is 15.0 Å². The molecule has 0 bridgehead atoms. The summed E-state index contributed by atoms with van der Waals surface area (Å²) in [4.78, 5) is 15.7. The summed E-state index contributed by atoms with van der Waals surface area (Å²) in [5.74, 6) is 2.07. The van der Waals surface area contributed by atoms with Crippen molar-refractivity contribution < 1.29 is 0 Å². The molecule has 0 amide bonds. The van der Waals surface area contributed by atoms with Crippen LogP contribution in [0, 0.1) is 0 Å². The van der Waals surface area contributed by atoms with Gasteiger partial charge in [-0.25, -0.2) is 15.0 Å². The van der Waals surface area contributed by atoms with E-state index in [1.54, 1.807) is 0 Å². The Hall–Kier alpha value is -6.45. The molecule has 7 aromatic carbocycles. The van der Waals surface area contributed by atoms with Crippen molar-refractivity contribution in [3.05, 3.63) is 197 Å². The van der Waals surface area contributed by atoms with E-state index in [0.29, 0.717) is 17.5 Å². The molecular formula is C55H45N3. The standard InChI is InChI=1S/C55H45N3/c1-53(2)44-25-14-12-22-38(44)40-28-27-36(32-46(40)53)52-57-50(33-17-8-7-9-18-33)56-51(58-52)35-20-16-19-34(31-35)47-41-24-11-10-21-37(41)42-29-30-43-39-23-13-15-26-45(39)54(3,4)55(5,6)49(43)48(42)47/h7-32,47H,1-6H3. The molecule has 0 saturated heterocycles. The summed E-state index contributed by atoms with van der Waals surface area (Å²) >= 11 is 0. The van der Waals surface area contributed by atoms with Gasteiger partial charge in [0.15, 0.2) is 17.5 Å². The van der Waals surface area contributed by atoms with Crippen LogP contribution in [0.15, 0.2) is 158 Å². The van der Waals surface area contributed by atoms with E-state index in [2.05, 4.69) is 181 Å². The minimum atomic E-state index is -0.139. The van der Waals surface area contributed by atoms with Gasteiger partial charge in [0.05, 0.1) is 0 Å². The maximum atomic E-state index is 5.29. The third-order valence-corrected chi connectivity index (χ3v) is 14.2. The first-order chi connectivity index (χ1) is 28.0. The molecule has 3 aliphatic rings. The van der Waals surface area contributed by atoms with Crippen LogP contribution in [0.25, 0.3) is 67.5 Å². The predicted octanol–water partition coefficient (Wildman–Crippen LogP) is 13.6. The summed E-state index contributed by atoms with van der Waals surface area (Å²) < 4.78 is 0. The van der Waals surface area contributed by atoms with E-state index in [1.165, 1.54) is 72.3 Å². The summed E-state index contributed by atoms with van der Waals surface area (Å²) in [6.07, 6.45) is 0. The van der Waals surface area contributed by atoms with E-state index in [-0.39, 0.29) is 22.2 Å². The molecule has 3 nitrogen and oxygen atoms in total. The van der Waals surface area contributed by atoms with Crippen LogP contribution >= 0.6 is 0 Å². The third-order valence-electron chi connectivity index (χ3n) is 14.2. The van der Waals surface area contributed by atoms with Crippen LogP contribution < -0.4 is 0 Å². The normalized spacial score (nSPS) is 17.0. The SMILES string of the molecule is CC1(C)c2ccccc2-c2ccc(-c3nc(-c4ccccc4)nc(-c4cccc(C5c6ccccc6-c6ccc7c(c65)C(C)(C)C(C)(C)c5ccccc5-7)c4)n3)cc21. The minimum Gasteiger partial charge on any atom is -0.208 e. The molecule has 0 N–H and O–H groups in total. The van der Waals surface area contributed by atoms with Gasteiger partial charge in [-0.05, 0) is 95.3 Å². The molecule has 0 fully saturated rings. The van der Waals surface area contributed by atoms with Crippen LogP contribution in [0.4, 0.5) is 0 Å². The number of hydrogen-bond acceptors (Lipinski definition) is 3. The molecule has 1 heterocycles. The Morgan fingerprint density at radius 2 is 0.914 bits per heavy atom. The second-order valence-corrected chi connectivity index (χ2v) is 18.0. The molecule has 58 heavy (non-hydrogen) atoms. The first-order valence-electron chi connectivity index (χ1n) is 20.6. The number of rotatable bonds is 4. The van der Waals surface area contributed by atoms with E-state index < -0.39 is 0 Å². The van der Waals surface area contributed by atoms with E-state index >= 15 is 0 Å². The smallest absolute Gasteiger partial charge is 0.164 e. The Morgan fingerprint density at radius 3 is 1.66 bits per heavy atom. The molecule has 3 aliphatic carbocycles. The van der Waals surface area contributed by atoms with Gasteiger partial charge in [0.1, 0.15) is 0 Å². The average Bonchev–Trinajstić information content (AvgIpc) is 3.71. The quantitative estimate of drug-likeness (QED) is 0.180. The molecule has 1 atom stereocenters. The molecule has 1 unspecified atom stereocenters. The number of hydrogen-bond donors (Lipinski definition) is 0. The van der Waals surface area contributed by atoms with Crippen molar-refractivity contribution in [1.29, 1.82) is 0 Å². The summed E-state index contributed by atoms with van der Waals surface area (Å²) in [7, 11) is 0. The Labute approximate surface area is 341 Å². The van der Waals surface area contributed by atoms with E-state index in [9.17, 15) is 0 Å². The van der Waals surface area contributed by atoms with Crippen LogP contribution in [0.3, 0.4) is 0 Å². The fraction of sp³-hybridized carbons (Fsp3) is 0.182. The number of benzene rings is 7. The van der Waals surface area contributed by atoms with Crippen LogP contribution in [0.1, 0.15) is 86.4 Å². The highest BCUT2D eigenvalue weighted by atomic mass is 15.0. The van der Waals surface area contributed by atoms with Gasteiger partial charge in [-0.15, -0.1) is 0 Å². The van der Waals surface area contributed by atoms with Gasteiger partial charge in [-0.2, -0.15) is 0 Å². The maximum Gasteiger partial charge on any atom is 0.164 e. The number of nitrogens with zero attached hydrogens (tertiary/aromatic N) is 3. The lowest BCUT2D eigenvalue weighted by molar-refractivity contribution is 0.297. The monoisotopic (exact) mass is 747 g/mol. The summed E-state index contributed by atoms with van der Waals surface area (Å²) in [6.45, 7) is 14.4. The van der Waals surface area contributed by atoms with Gasteiger partial charge in [0.2, 0.25) is 0 Å². The highest BCUT2D eigenvalue weighted by Gasteiger charge is 2.49. The van der Waals surface area contributed by atoms with Crippen molar-refractivity contribution in [3.63, 3.8) is 0 Å². The molecule has 3 heteroatoms. The van der Waals surface area contributed by atoms with Crippen molar-refractivity contribution in [2.75, 3.05) is 0 Å². The van der Waals surface area contributed by atoms with Crippen LogP contribution in [0.5, 0.6) is 0 Å². The van der Waals surface area contributed by atoms with Crippen molar-refractivity contribution in [2.45, 2.75) is 63.7 Å². The Balaban J connectivity index is 1.09. The lowest BCUT2D eigenvalue weighted by Gasteiger charge is -2.49. The van der Waals surface area contributed by atoms with E-state index in [1.807, 2.05) is 18.2 Å². The highest BCUT2D eigenvalue weighted by molar-refractivity contribution is 5.90. The van der Waals surface area contributed by atoms with Crippen molar-refractivity contribution in [3.8, 4) is 67.5 Å². The lowest BCUT2D eigenvalue weighted by Crippen LogP contribution is -2.44. The van der Waals surface area contributed by atoms with Gasteiger partial charge < -0.3 is 0 Å². The Morgan fingerprint density at radius 1 is 0.379 bits per heavy atom. The van der Waals surface area contributed by atoms with Gasteiger partial charge in [0.25, 0.3) is 0 Å². The number of fused-ring (bicyclic) bond motifs is 10. The van der Waals surface area contributed by atoms with Gasteiger partial charge in [-0.1, -0.05) is 187 Å². The number of aromatic nitrogens is 3. The molecular weight excluding hydrogens is 703 g/mol. The topological polar surface area (TPSA) is 38.7 Å². The molecule has 0 spiro atoms. The van der Waals surface area contributed by atoms with Crippen LogP contribution in [-0.2, 0) is 16.2 Å². The average molecular weight is 748 g/mol. The second-order valence-electron chi connectivity index (χ2n) is 18.0. The van der Waals surface area contributed by atoms with Crippen molar-refractivity contribution >= 4 is 0 Å². The van der Waals surface area contributed by atoms with E-state index in [0.717, 1.165) is 16.7 Å². The highest BCUT2D eigenvalue weighted by Crippen LogP contribution is 2.60. The van der Waals surface area contributed by atoms with E-state index in [4.69, 9.17) is 15.0 Å². The zero-order valence-corrected chi connectivity index (χ0v) is 33.9. The van der Waals surface area contributed by atoms with Gasteiger partial charge >= 0.3 is 0 Å². The van der Waals surface area contributed by atoms with Crippen molar-refractivity contribution in [2.24, 2.45) is 0 Å². The fourth-order valence-corrected chi connectivity index (χ4v) is 10.5. The lowest BCUT2D eigenvalue weighted by atomic mass is 9.54. The summed E-state index contributed by atoms with van der Waals surface area (Å²) in [5, 5.41) is 0. The maximum absolute atomic E-state index is 5.29. The summed E-state index contributed by atoms with van der Waals surface area (Å²) in [6, 6.07) is 57.6. The predicted molar refractivity (Wildman–Crippen MR) is 238 cm³/mol. The molecule has 0 aliphatic heterocycles. The molecule has 280 valence electrons. The largest absolute Gasteiger partial charge is 0.208 e. The molecule has 11 rings (SSSR count). The van der Waals surface area contributed by atoms with Gasteiger partial charge in [0, 0.05) is 28.0 Å². The summed E-state index contributed by atoms with van der Waals surface area (Å²) in [5.41, 5.74) is 20.0. The zero-order chi connectivity index (χ0) is 39.6. The fourth-order valence-electron chi connectivity index (χ4n) is 10.5. The third kappa shape index (κ3) is 4.83. The molecule has 8 aromatic rings.